The molecule has 1 aromatic heterocycles. The summed E-state index contributed by atoms with van der Waals surface area (Å²) in [6.45, 7) is 4.91. The number of benzene rings is 1. The molecule has 0 bridgehead atoms. The zero-order chi connectivity index (χ0) is 17.0. The Kier molecular flexibility index (Phi) is 3.51. The Hall–Kier alpha value is -2.11. The van der Waals surface area contributed by atoms with Gasteiger partial charge in [-0.3, -0.25) is 14.5 Å². The number of para-hydroxylation sites is 1. The van der Waals surface area contributed by atoms with Crippen LogP contribution in [0.1, 0.15) is 17.3 Å². The van der Waals surface area contributed by atoms with Gasteiger partial charge in [0.05, 0.1) is 19.1 Å². The van der Waals surface area contributed by atoms with Gasteiger partial charge in [0.1, 0.15) is 0 Å². The Balaban J connectivity index is 1.84. The maximum absolute atomic E-state index is 12.8. The van der Waals surface area contributed by atoms with Crippen LogP contribution in [0.3, 0.4) is 0 Å². The molecule has 0 N–H and O–H groups in total. The molecule has 0 saturated carbocycles. The largest absolute Gasteiger partial charge is 0.346 e. The van der Waals surface area contributed by atoms with Crippen LogP contribution in [0.5, 0.6) is 0 Å². The molecular formula is C19H23N3O2. The Morgan fingerprint density at radius 3 is 2.88 bits per heavy atom. The molecule has 2 aliphatic heterocycles. The molecule has 1 saturated heterocycles. The van der Waals surface area contributed by atoms with Gasteiger partial charge in [-0.15, -0.1) is 6.58 Å². The van der Waals surface area contributed by atoms with E-state index in [0.717, 1.165) is 13.0 Å². The topological polar surface area (TPSA) is 37.7 Å². The van der Waals surface area contributed by atoms with Gasteiger partial charge in [0, 0.05) is 43.3 Å². The van der Waals surface area contributed by atoms with Crippen LogP contribution in [-0.4, -0.2) is 47.2 Å². The number of amides is 1. The highest BCUT2D eigenvalue weighted by atomic mass is 16.7. The Morgan fingerprint density at radius 2 is 2.17 bits per heavy atom. The minimum Gasteiger partial charge on any atom is -0.346 e. The van der Waals surface area contributed by atoms with Crippen molar-refractivity contribution < 1.29 is 9.63 Å². The van der Waals surface area contributed by atoms with E-state index in [2.05, 4.69) is 47.4 Å². The average molecular weight is 325 g/mol. The quantitative estimate of drug-likeness (QED) is 0.642. The van der Waals surface area contributed by atoms with Crippen molar-refractivity contribution in [2.24, 2.45) is 13.0 Å². The fourth-order valence-electron chi connectivity index (χ4n) is 4.53. The van der Waals surface area contributed by atoms with Crippen molar-refractivity contribution >= 4 is 16.8 Å². The summed E-state index contributed by atoms with van der Waals surface area (Å²) in [6, 6.07) is 8.67. The molecule has 0 aliphatic carbocycles. The summed E-state index contributed by atoms with van der Waals surface area (Å²) < 4.78 is 2.26. The lowest BCUT2D eigenvalue weighted by molar-refractivity contribution is -0.188. The summed E-state index contributed by atoms with van der Waals surface area (Å²) in [5, 5.41) is 2.65. The third-order valence-corrected chi connectivity index (χ3v) is 5.72. The van der Waals surface area contributed by atoms with Gasteiger partial charge in [-0.2, -0.15) is 0 Å². The van der Waals surface area contributed by atoms with Crippen molar-refractivity contribution in [2.45, 2.75) is 18.5 Å². The molecule has 1 amide bonds. The fraction of sp³-hybridized carbons (Fsp3) is 0.421. The van der Waals surface area contributed by atoms with E-state index >= 15 is 0 Å². The molecule has 126 valence electrons. The summed E-state index contributed by atoms with van der Waals surface area (Å²) in [6.07, 6.45) is 2.91. The Bertz CT molecular complexity index is 825. The van der Waals surface area contributed by atoms with Gasteiger partial charge in [-0.05, 0) is 18.1 Å². The van der Waals surface area contributed by atoms with E-state index in [4.69, 9.17) is 4.84 Å². The third-order valence-electron chi connectivity index (χ3n) is 5.72. The van der Waals surface area contributed by atoms with Crippen molar-refractivity contribution in [2.75, 3.05) is 20.7 Å². The maximum atomic E-state index is 12.8. The summed E-state index contributed by atoms with van der Waals surface area (Å²) in [5.41, 5.74) is 3.89. The number of carbonyl (C=O) groups excluding carboxylic acids is 1. The zero-order valence-corrected chi connectivity index (χ0v) is 14.4. The van der Waals surface area contributed by atoms with Gasteiger partial charge < -0.3 is 4.57 Å². The van der Waals surface area contributed by atoms with E-state index in [1.165, 1.54) is 34.3 Å². The third kappa shape index (κ3) is 1.85. The summed E-state index contributed by atoms with van der Waals surface area (Å²) in [4.78, 5) is 20.4. The highest BCUT2D eigenvalue weighted by molar-refractivity contribution is 5.87. The predicted molar refractivity (Wildman–Crippen MR) is 93.3 cm³/mol. The van der Waals surface area contributed by atoms with Gasteiger partial charge in [0.2, 0.25) is 0 Å². The van der Waals surface area contributed by atoms with Crippen LogP contribution in [-0.2, 0) is 23.1 Å². The molecular weight excluding hydrogens is 302 g/mol. The zero-order valence-electron chi connectivity index (χ0n) is 14.4. The first kappa shape index (κ1) is 15.4. The normalized spacial score (nSPS) is 25.7. The highest BCUT2D eigenvalue weighted by Gasteiger charge is 2.55. The van der Waals surface area contributed by atoms with Crippen LogP contribution in [0.2, 0.25) is 0 Å². The first-order chi connectivity index (χ1) is 11.6. The van der Waals surface area contributed by atoms with Crippen LogP contribution < -0.4 is 0 Å². The predicted octanol–water partition coefficient (Wildman–Crippen LogP) is 2.28. The van der Waals surface area contributed by atoms with E-state index in [9.17, 15) is 4.79 Å². The number of carbonyl (C=O) groups is 1. The van der Waals surface area contributed by atoms with E-state index < -0.39 is 0 Å². The molecule has 0 radical (unpaired) electrons. The lowest BCUT2D eigenvalue weighted by atomic mass is 9.73. The van der Waals surface area contributed by atoms with Crippen LogP contribution in [0.15, 0.2) is 36.9 Å². The Morgan fingerprint density at radius 1 is 1.42 bits per heavy atom. The molecule has 5 nitrogen and oxygen atoms in total. The van der Waals surface area contributed by atoms with Gasteiger partial charge in [-0.1, -0.05) is 24.3 Å². The monoisotopic (exact) mass is 325 g/mol. The standard InChI is InChI=1S/C19H23N3O2/c1-5-14-16(19(23)21(3)24-4)18-17-13(10-11-22(14)18)12-8-6-7-9-15(12)20(17)2/h5-9,14,16,18H,1,10-11H2,2-4H3/t14-,16+,18+/m1/s1. The lowest BCUT2D eigenvalue weighted by Gasteiger charge is -2.56. The molecule has 1 fully saturated rings. The number of aromatic nitrogens is 1. The fourth-order valence-corrected chi connectivity index (χ4v) is 4.53. The number of fused-ring (bicyclic) bond motifs is 5. The van der Waals surface area contributed by atoms with Crippen molar-refractivity contribution in [3.8, 4) is 0 Å². The smallest absolute Gasteiger partial charge is 0.252 e. The van der Waals surface area contributed by atoms with Gasteiger partial charge >= 0.3 is 0 Å². The molecule has 0 unspecified atom stereocenters. The first-order valence-electron chi connectivity index (χ1n) is 8.36. The van der Waals surface area contributed by atoms with Gasteiger partial charge in [0.25, 0.3) is 5.91 Å². The second-order valence-corrected chi connectivity index (χ2v) is 6.64. The minimum atomic E-state index is -0.144. The van der Waals surface area contributed by atoms with E-state index in [1.807, 2.05) is 6.08 Å². The number of nitrogens with zero attached hydrogens (tertiary/aromatic N) is 3. The van der Waals surface area contributed by atoms with Crippen LogP contribution >= 0.6 is 0 Å². The highest BCUT2D eigenvalue weighted by Crippen LogP contribution is 2.50. The average Bonchev–Trinajstić information content (AvgIpc) is 2.87. The number of hydrogen-bond acceptors (Lipinski definition) is 3. The second kappa shape index (κ2) is 5.46. The summed E-state index contributed by atoms with van der Waals surface area (Å²) in [7, 11) is 5.31. The summed E-state index contributed by atoms with van der Waals surface area (Å²) >= 11 is 0. The number of hydrogen-bond donors (Lipinski definition) is 0. The molecule has 24 heavy (non-hydrogen) atoms. The second-order valence-electron chi connectivity index (χ2n) is 6.64. The summed E-state index contributed by atoms with van der Waals surface area (Å²) in [5.74, 6) is -0.128. The van der Waals surface area contributed by atoms with Crippen molar-refractivity contribution in [1.29, 1.82) is 0 Å². The minimum absolute atomic E-state index is 0.0155. The maximum Gasteiger partial charge on any atom is 0.252 e. The molecule has 4 rings (SSSR count). The van der Waals surface area contributed by atoms with Crippen molar-refractivity contribution in [3.63, 3.8) is 0 Å². The molecule has 0 spiro atoms. The van der Waals surface area contributed by atoms with E-state index in [1.54, 1.807) is 7.05 Å². The van der Waals surface area contributed by atoms with Crippen LogP contribution in [0, 0.1) is 5.92 Å². The van der Waals surface area contributed by atoms with Crippen molar-refractivity contribution in [3.05, 3.63) is 48.2 Å². The molecule has 5 heteroatoms. The molecule has 2 aliphatic rings. The SMILES string of the molecule is C=C[C@@H]1[C@H](C(=O)N(C)OC)[C@H]2c3c(c4ccccc4n3C)CCN12. The molecule has 3 atom stereocenters. The first-order valence-corrected chi connectivity index (χ1v) is 8.36. The van der Waals surface area contributed by atoms with Gasteiger partial charge in [0.15, 0.2) is 0 Å². The molecule has 3 heterocycles. The Labute approximate surface area is 142 Å². The molecule has 1 aromatic carbocycles. The molecule has 2 aromatic rings. The van der Waals surface area contributed by atoms with Crippen LogP contribution in [0.25, 0.3) is 10.9 Å². The van der Waals surface area contributed by atoms with E-state index in [0.29, 0.717) is 0 Å². The van der Waals surface area contributed by atoms with Crippen LogP contribution in [0.4, 0.5) is 0 Å². The number of hydroxylamine groups is 2. The number of aryl methyl sites for hydroxylation is 1. The van der Waals surface area contributed by atoms with Gasteiger partial charge in [-0.25, -0.2) is 5.06 Å². The lowest BCUT2D eigenvalue weighted by Crippen LogP contribution is -2.64. The van der Waals surface area contributed by atoms with E-state index in [-0.39, 0.29) is 23.9 Å². The van der Waals surface area contributed by atoms with Crippen molar-refractivity contribution in [1.82, 2.24) is 14.5 Å². The number of rotatable bonds is 3.